The topological polar surface area (TPSA) is 72.2 Å². The molecule has 1 aliphatic rings. The van der Waals surface area contributed by atoms with Crippen LogP contribution in [0.25, 0.3) is 0 Å². The van der Waals surface area contributed by atoms with Gasteiger partial charge in [0.2, 0.25) is 10.0 Å². The van der Waals surface area contributed by atoms with Gasteiger partial charge in [0.05, 0.1) is 4.90 Å². The van der Waals surface area contributed by atoms with E-state index >= 15 is 0 Å². The monoisotopic (exact) mass is 314 g/mol. The smallest absolute Gasteiger partial charge is 0.240 e. The number of benzene rings is 1. The Kier molecular flexibility index (Phi) is 4.31. The van der Waals surface area contributed by atoms with Crippen LogP contribution < -0.4 is 10.5 Å². The third-order valence-corrected chi connectivity index (χ3v) is 5.70. The highest BCUT2D eigenvalue weighted by molar-refractivity contribution is 7.89. The number of hydrogen-bond acceptors (Lipinski definition) is 3. The largest absolute Gasteiger partial charge is 0.398 e. The van der Waals surface area contributed by atoms with E-state index in [4.69, 9.17) is 5.73 Å². The van der Waals surface area contributed by atoms with Gasteiger partial charge in [-0.2, -0.15) is 0 Å². The number of hydrogen-bond donors (Lipinski definition) is 2. The number of anilines is 1. The van der Waals surface area contributed by atoms with E-state index in [0.717, 1.165) is 31.7 Å². The van der Waals surface area contributed by atoms with Crippen LogP contribution >= 0.6 is 0 Å². The van der Waals surface area contributed by atoms with Crippen molar-refractivity contribution < 1.29 is 12.8 Å². The molecule has 4 nitrogen and oxygen atoms in total. The molecule has 1 aromatic carbocycles. The van der Waals surface area contributed by atoms with Gasteiger partial charge in [0.15, 0.2) is 0 Å². The van der Waals surface area contributed by atoms with Crippen LogP contribution in [-0.4, -0.2) is 14.5 Å². The van der Waals surface area contributed by atoms with Crippen molar-refractivity contribution in [1.29, 1.82) is 0 Å². The van der Waals surface area contributed by atoms with Crippen LogP contribution in [0.3, 0.4) is 0 Å². The lowest BCUT2D eigenvalue weighted by Crippen LogP contribution is -2.40. The lowest BCUT2D eigenvalue weighted by molar-refractivity contribution is 0.212. The normalized spacial score (nSPS) is 22.2. The van der Waals surface area contributed by atoms with Gasteiger partial charge in [-0.15, -0.1) is 0 Å². The van der Waals surface area contributed by atoms with Crippen LogP contribution in [0, 0.1) is 18.2 Å². The molecule has 0 bridgehead atoms. The fourth-order valence-electron chi connectivity index (χ4n) is 2.92. The Morgan fingerprint density at radius 1 is 1.38 bits per heavy atom. The molecule has 0 amide bonds. The number of sulfonamides is 1. The minimum absolute atomic E-state index is 0.105. The second kappa shape index (κ2) is 5.57. The Morgan fingerprint density at radius 3 is 2.62 bits per heavy atom. The highest BCUT2D eigenvalue weighted by Crippen LogP contribution is 2.35. The highest BCUT2D eigenvalue weighted by atomic mass is 32.2. The van der Waals surface area contributed by atoms with E-state index in [1.165, 1.54) is 13.0 Å². The molecule has 0 aromatic heterocycles. The summed E-state index contributed by atoms with van der Waals surface area (Å²) in [5.74, 6) is -0.598. The van der Waals surface area contributed by atoms with Gasteiger partial charge in [-0.3, -0.25) is 0 Å². The molecule has 0 saturated heterocycles. The molecular formula is C15H23FN2O2S. The lowest BCUT2D eigenvalue weighted by Gasteiger charge is -2.35. The van der Waals surface area contributed by atoms with Crippen LogP contribution in [-0.2, 0) is 10.0 Å². The maximum Gasteiger partial charge on any atom is 0.240 e. The van der Waals surface area contributed by atoms with Crippen LogP contribution in [0.2, 0.25) is 0 Å². The molecule has 1 aromatic rings. The SMILES string of the molecule is Cc1c(N)cc(S(=O)(=O)NC2CCCC(C)(C)C2)cc1F. The van der Waals surface area contributed by atoms with E-state index in [-0.39, 0.29) is 27.6 Å². The van der Waals surface area contributed by atoms with Crippen molar-refractivity contribution in [1.82, 2.24) is 4.72 Å². The Balaban J connectivity index is 2.23. The van der Waals surface area contributed by atoms with E-state index in [1.807, 2.05) is 0 Å². The van der Waals surface area contributed by atoms with E-state index in [0.29, 0.717) is 0 Å². The molecule has 1 aliphatic carbocycles. The summed E-state index contributed by atoms with van der Waals surface area (Å²) in [6.07, 6.45) is 3.68. The van der Waals surface area contributed by atoms with Crippen molar-refractivity contribution in [3.63, 3.8) is 0 Å². The van der Waals surface area contributed by atoms with E-state index < -0.39 is 15.8 Å². The predicted octanol–water partition coefficient (Wildman–Crippen LogP) is 2.96. The summed E-state index contributed by atoms with van der Waals surface area (Å²) in [5.41, 5.74) is 6.21. The predicted molar refractivity (Wildman–Crippen MR) is 81.9 cm³/mol. The van der Waals surface area contributed by atoms with Gasteiger partial charge in [0.1, 0.15) is 5.82 Å². The molecule has 1 saturated carbocycles. The first-order valence-electron chi connectivity index (χ1n) is 7.19. The zero-order chi connectivity index (χ0) is 15.8. The van der Waals surface area contributed by atoms with Crippen LogP contribution in [0.15, 0.2) is 17.0 Å². The van der Waals surface area contributed by atoms with Gasteiger partial charge in [-0.25, -0.2) is 17.5 Å². The molecule has 0 spiro atoms. The molecule has 3 N–H and O–H groups in total. The Bertz CT molecular complexity index is 618. The molecule has 6 heteroatoms. The van der Waals surface area contributed by atoms with Gasteiger partial charge >= 0.3 is 0 Å². The second-order valence-electron chi connectivity index (χ2n) is 6.70. The fourth-order valence-corrected chi connectivity index (χ4v) is 4.23. The van der Waals surface area contributed by atoms with Crippen molar-refractivity contribution >= 4 is 15.7 Å². The van der Waals surface area contributed by atoms with E-state index in [2.05, 4.69) is 18.6 Å². The van der Waals surface area contributed by atoms with Gasteiger partial charge in [0.25, 0.3) is 0 Å². The molecule has 2 rings (SSSR count). The molecular weight excluding hydrogens is 291 g/mol. The summed E-state index contributed by atoms with van der Waals surface area (Å²) in [6, 6.07) is 2.24. The number of nitrogens with two attached hydrogens (primary N) is 1. The summed E-state index contributed by atoms with van der Waals surface area (Å²) in [4.78, 5) is -0.105. The fraction of sp³-hybridized carbons (Fsp3) is 0.600. The number of rotatable bonds is 3. The minimum atomic E-state index is -3.74. The second-order valence-corrected chi connectivity index (χ2v) is 8.41. The van der Waals surface area contributed by atoms with Crippen molar-refractivity contribution in [2.24, 2.45) is 5.41 Å². The van der Waals surface area contributed by atoms with Crippen LogP contribution in [0.4, 0.5) is 10.1 Å². The van der Waals surface area contributed by atoms with Gasteiger partial charge in [0, 0.05) is 17.3 Å². The van der Waals surface area contributed by atoms with Gasteiger partial charge in [-0.1, -0.05) is 20.3 Å². The summed E-state index contributed by atoms with van der Waals surface area (Å²) in [6.45, 7) is 5.80. The van der Waals surface area contributed by atoms with Crippen molar-refractivity contribution in [2.45, 2.75) is 57.4 Å². The molecule has 0 radical (unpaired) electrons. The first-order valence-corrected chi connectivity index (χ1v) is 8.67. The number of nitrogens with one attached hydrogen (secondary N) is 1. The van der Waals surface area contributed by atoms with Crippen LogP contribution in [0.1, 0.15) is 45.1 Å². The Morgan fingerprint density at radius 2 is 2.05 bits per heavy atom. The molecule has 0 aliphatic heterocycles. The zero-order valence-electron chi connectivity index (χ0n) is 12.7. The maximum absolute atomic E-state index is 13.7. The quantitative estimate of drug-likeness (QED) is 0.843. The minimum Gasteiger partial charge on any atom is -0.398 e. The first kappa shape index (κ1) is 16.2. The molecule has 21 heavy (non-hydrogen) atoms. The average molecular weight is 314 g/mol. The summed E-state index contributed by atoms with van der Waals surface area (Å²) in [7, 11) is -3.74. The molecule has 1 fully saturated rings. The van der Waals surface area contributed by atoms with E-state index in [1.54, 1.807) is 0 Å². The summed E-state index contributed by atoms with van der Waals surface area (Å²) in [5, 5.41) is 0. The third-order valence-electron chi connectivity index (χ3n) is 4.20. The molecule has 0 heterocycles. The first-order chi connectivity index (χ1) is 9.61. The standard InChI is InChI=1S/C15H23FN2O2S/c1-10-13(16)7-12(8-14(10)17)21(19,20)18-11-5-4-6-15(2,3)9-11/h7-8,11,18H,4-6,9,17H2,1-3H3. The number of nitrogen functional groups attached to an aromatic ring is 1. The zero-order valence-corrected chi connectivity index (χ0v) is 13.6. The van der Waals surface area contributed by atoms with Gasteiger partial charge < -0.3 is 5.73 Å². The summed E-state index contributed by atoms with van der Waals surface area (Å²) < 4.78 is 41.2. The molecule has 118 valence electrons. The number of halogens is 1. The van der Waals surface area contributed by atoms with E-state index in [9.17, 15) is 12.8 Å². The van der Waals surface area contributed by atoms with Crippen molar-refractivity contribution in [3.8, 4) is 0 Å². The Labute approximate surface area is 126 Å². The summed E-state index contributed by atoms with van der Waals surface area (Å²) >= 11 is 0. The maximum atomic E-state index is 13.7. The van der Waals surface area contributed by atoms with Gasteiger partial charge in [-0.05, 0) is 43.7 Å². The Hall–Kier alpha value is -1.14. The van der Waals surface area contributed by atoms with Crippen molar-refractivity contribution in [2.75, 3.05) is 5.73 Å². The molecule has 1 unspecified atom stereocenters. The van der Waals surface area contributed by atoms with Crippen LogP contribution in [0.5, 0.6) is 0 Å². The average Bonchev–Trinajstić information content (AvgIpc) is 2.33. The van der Waals surface area contributed by atoms with Crippen molar-refractivity contribution in [3.05, 3.63) is 23.5 Å². The highest BCUT2D eigenvalue weighted by Gasteiger charge is 2.31. The third kappa shape index (κ3) is 3.74. The molecule has 1 atom stereocenters. The lowest BCUT2D eigenvalue weighted by atomic mass is 9.75.